The molecule has 0 saturated carbocycles. The third-order valence-corrected chi connectivity index (χ3v) is 2.29. The molecule has 0 bridgehead atoms. The molecule has 3 nitrogen and oxygen atoms in total. The lowest BCUT2D eigenvalue weighted by molar-refractivity contribution is -0.142. The zero-order valence-corrected chi connectivity index (χ0v) is 9.04. The summed E-state index contributed by atoms with van der Waals surface area (Å²) in [6.07, 6.45) is 0.0994. The van der Waals surface area contributed by atoms with Crippen molar-refractivity contribution in [3.05, 3.63) is 34.3 Å². The Morgan fingerprint density at radius 3 is 2.93 bits per heavy atom. The molecule has 0 amide bonds. The van der Waals surface area contributed by atoms with Gasteiger partial charge in [0.15, 0.2) is 0 Å². The van der Waals surface area contributed by atoms with E-state index in [0.29, 0.717) is 22.8 Å². The molecule has 0 aliphatic carbocycles. The van der Waals surface area contributed by atoms with E-state index in [0.717, 1.165) is 0 Å². The monoisotopic (exact) mass is 223 g/mol. The van der Waals surface area contributed by atoms with Gasteiger partial charge < -0.3 is 4.74 Å². The summed E-state index contributed by atoms with van der Waals surface area (Å²) in [6.45, 7) is 2.08. The van der Waals surface area contributed by atoms with Crippen LogP contribution in [0.2, 0.25) is 5.02 Å². The second-order valence-electron chi connectivity index (χ2n) is 2.87. The van der Waals surface area contributed by atoms with Gasteiger partial charge in [-0.25, -0.2) is 0 Å². The molecule has 0 fully saturated rings. The van der Waals surface area contributed by atoms with E-state index >= 15 is 0 Å². The molecule has 0 aromatic heterocycles. The van der Waals surface area contributed by atoms with Gasteiger partial charge in [-0.05, 0) is 18.6 Å². The second kappa shape index (κ2) is 5.38. The van der Waals surface area contributed by atoms with E-state index in [-0.39, 0.29) is 12.4 Å². The minimum absolute atomic E-state index is 0.0994. The van der Waals surface area contributed by atoms with Gasteiger partial charge in [0, 0.05) is 0 Å². The Morgan fingerprint density at radius 2 is 2.33 bits per heavy atom. The summed E-state index contributed by atoms with van der Waals surface area (Å²) in [5, 5.41) is 9.06. The number of hydrogen-bond acceptors (Lipinski definition) is 3. The van der Waals surface area contributed by atoms with Crippen molar-refractivity contribution in [2.45, 2.75) is 13.3 Å². The third kappa shape index (κ3) is 2.97. The predicted molar refractivity (Wildman–Crippen MR) is 56.5 cm³/mol. The Morgan fingerprint density at radius 1 is 1.60 bits per heavy atom. The first-order chi connectivity index (χ1) is 7.19. The molecule has 0 heterocycles. The van der Waals surface area contributed by atoms with E-state index < -0.39 is 0 Å². The second-order valence-corrected chi connectivity index (χ2v) is 3.25. The fourth-order valence-corrected chi connectivity index (χ4v) is 1.41. The van der Waals surface area contributed by atoms with E-state index in [1.165, 1.54) is 0 Å². The molecule has 15 heavy (non-hydrogen) atoms. The smallest absolute Gasteiger partial charge is 0.310 e. The number of rotatable bonds is 3. The molecule has 0 N–H and O–H groups in total. The number of nitrogens with zero attached hydrogens (tertiary/aromatic N) is 1. The van der Waals surface area contributed by atoms with Crippen LogP contribution < -0.4 is 0 Å². The summed E-state index contributed by atoms with van der Waals surface area (Å²) in [7, 11) is 0. The van der Waals surface area contributed by atoms with Gasteiger partial charge in [-0.2, -0.15) is 5.26 Å². The third-order valence-electron chi connectivity index (χ3n) is 1.84. The van der Waals surface area contributed by atoms with Crippen molar-refractivity contribution < 1.29 is 9.53 Å². The Labute approximate surface area is 93.2 Å². The van der Waals surface area contributed by atoms with Gasteiger partial charge >= 0.3 is 5.97 Å². The standard InChI is InChI=1S/C11H10ClNO2/c1-2-15-10(14)6-8-4-3-5-9(7-13)11(8)12/h3-5H,2,6H2,1H3. The van der Waals surface area contributed by atoms with Crippen LogP contribution in [0.4, 0.5) is 0 Å². The highest BCUT2D eigenvalue weighted by Gasteiger charge is 2.10. The van der Waals surface area contributed by atoms with Gasteiger partial charge in [0.2, 0.25) is 0 Å². The lowest BCUT2D eigenvalue weighted by atomic mass is 10.1. The number of esters is 1. The van der Waals surface area contributed by atoms with Gasteiger partial charge in [0.25, 0.3) is 0 Å². The summed E-state index contributed by atoms with van der Waals surface area (Å²) in [4.78, 5) is 11.2. The van der Waals surface area contributed by atoms with Gasteiger partial charge in [-0.1, -0.05) is 23.7 Å². The maximum absolute atomic E-state index is 11.2. The van der Waals surface area contributed by atoms with Gasteiger partial charge in [-0.3, -0.25) is 4.79 Å². The molecule has 0 saturated heterocycles. The fraction of sp³-hybridized carbons (Fsp3) is 0.273. The highest BCUT2D eigenvalue weighted by atomic mass is 35.5. The van der Waals surface area contributed by atoms with Crippen molar-refractivity contribution in [3.63, 3.8) is 0 Å². The normalized spacial score (nSPS) is 9.40. The quantitative estimate of drug-likeness (QED) is 0.739. The Balaban J connectivity index is 2.87. The van der Waals surface area contributed by atoms with Crippen LogP contribution in [0, 0.1) is 11.3 Å². The van der Waals surface area contributed by atoms with Crippen molar-refractivity contribution in [2.75, 3.05) is 6.61 Å². The zero-order valence-electron chi connectivity index (χ0n) is 8.29. The summed E-state index contributed by atoms with van der Waals surface area (Å²) < 4.78 is 4.79. The topological polar surface area (TPSA) is 50.1 Å². The van der Waals surface area contributed by atoms with Crippen LogP contribution in [-0.2, 0) is 16.0 Å². The first-order valence-corrected chi connectivity index (χ1v) is 4.90. The van der Waals surface area contributed by atoms with Crippen LogP contribution in [0.5, 0.6) is 0 Å². The van der Waals surface area contributed by atoms with Crippen LogP contribution in [0.3, 0.4) is 0 Å². The van der Waals surface area contributed by atoms with Crippen LogP contribution in [0.15, 0.2) is 18.2 Å². The molecular formula is C11H10ClNO2. The molecule has 0 atom stereocenters. The lowest BCUT2D eigenvalue weighted by Gasteiger charge is -2.04. The van der Waals surface area contributed by atoms with E-state index in [9.17, 15) is 4.79 Å². The Bertz CT molecular complexity index is 410. The Hall–Kier alpha value is -1.53. The van der Waals surface area contributed by atoms with Crippen molar-refractivity contribution >= 4 is 17.6 Å². The summed E-state index contributed by atoms with van der Waals surface area (Å²) in [6, 6.07) is 6.97. The highest BCUT2D eigenvalue weighted by molar-refractivity contribution is 6.32. The van der Waals surface area contributed by atoms with Crippen LogP contribution in [0.25, 0.3) is 0 Å². The molecule has 1 rings (SSSR count). The van der Waals surface area contributed by atoms with E-state index in [2.05, 4.69) is 0 Å². The number of carbonyl (C=O) groups excluding carboxylic acids is 1. The molecular weight excluding hydrogens is 214 g/mol. The largest absolute Gasteiger partial charge is 0.466 e. The van der Waals surface area contributed by atoms with Crippen molar-refractivity contribution in [1.29, 1.82) is 5.26 Å². The average Bonchev–Trinajstić information content (AvgIpc) is 2.21. The maximum Gasteiger partial charge on any atom is 0.310 e. The van der Waals surface area contributed by atoms with Crippen LogP contribution in [-0.4, -0.2) is 12.6 Å². The number of nitriles is 1. The Kier molecular flexibility index (Phi) is 4.14. The summed E-state index contributed by atoms with van der Waals surface area (Å²) in [5.74, 6) is -0.338. The maximum atomic E-state index is 11.2. The highest BCUT2D eigenvalue weighted by Crippen LogP contribution is 2.21. The number of hydrogen-bond donors (Lipinski definition) is 0. The molecule has 1 aromatic rings. The number of ether oxygens (including phenoxy) is 1. The van der Waals surface area contributed by atoms with Crippen LogP contribution >= 0.6 is 11.6 Å². The molecule has 0 spiro atoms. The molecule has 0 radical (unpaired) electrons. The summed E-state index contributed by atoms with van der Waals surface area (Å²) >= 11 is 5.92. The predicted octanol–water partition coefficient (Wildman–Crippen LogP) is 2.32. The fourth-order valence-electron chi connectivity index (χ4n) is 1.17. The molecule has 0 aliphatic heterocycles. The van der Waals surface area contributed by atoms with E-state index in [1.54, 1.807) is 25.1 Å². The van der Waals surface area contributed by atoms with E-state index in [1.807, 2.05) is 6.07 Å². The minimum atomic E-state index is -0.338. The minimum Gasteiger partial charge on any atom is -0.466 e. The first-order valence-electron chi connectivity index (χ1n) is 4.52. The molecule has 0 unspecified atom stereocenters. The zero-order chi connectivity index (χ0) is 11.3. The van der Waals surface area contributed by atoms with Gasteiger partial charge in [0.1, 0.15) is 6.07 Å². The SMILES string of the molecule is CCOC(=O)Cc1cccc(C#N)c1Cl. The van der Waals surface area contributed by atoms with Crippen molar-refractivity contribution in [1.82, 2.24) is 0 Å². The number of benzene rings is 1. The molecule has 0 aliphatic rings. The summed E-state index contributed by atoms with van der Waals surface area (Å²) in [5.41, 5.74) is 0.993. The lowest BCUT2D eigenvalue weighted by Crippen LogP contribution is -2.08. The van der Waals surface area contributed by atoms with Crippen molar-refractivity contribution in [3.8, 4) is 6.07 Å². The van der Waals surface area contributed by atoms with Crippen LogP contribution in [0.1, 0.15) is 18.1 Å². The molecule has 78 valence electrons. The van der Waals surface area contributed by atoms with Gasteiger partial charge in [-0.15, -0.1) is 0 Å². The van der Waals surface area contributed by atoms with E-state index in [4.69, 9.17) is 21.6 Å². The van der Waals surface area contributed by atoms with Crippen molar-refractivity contribution in [2.24, 2.45) is 0 Å². The first kappa shape index (κ1) is 11.5. The number of halogens is 1. The molecule has 4 heteroatoms. The van der Waals surface area contributed by atoms with Gasteiger partial charge in [0.05, 0.1) is 23.6 Å². The molecule has 1 aromatic carbocycles. The average molecular weight is 224 g/mol. The number of carbonyl (C=O) groups is 1.